The maximum absolute atomic E-state index is 2.33. The number of aromatic nitrogens is 1. The number of hydrogen-bond acceptors (Lipinski definition) is 1. The Morgan fingerprint density at radius 3 is 1.78 bits per heavy atom. The molecule has 2 heteroatoms. The summed E-state index contributed by atoms with van der Waals surface area (Å²) in [5.74, 6) is 0. The first-order chi connectivity index (χ1) is 20.2. The molecule has 0 fully saturated rings. The van der Waals surface area contributed by atoms with Gasteiger partial charge in [0.2, 0.25) is 0 Å². The molecule has 196 valence electrons. The van der Waals surface area contributed by atoms with Gasteiger partial charge in [-0.2, -0.15) is 0 Å². The first-order valence-electron chi connectivity index (χ1n) is 13.9. The van der Waals surface area contributed by atoms with E-state index in [0.29, 0.717) is 0 Å². The van der Waals surface area contributed by atoms with E-state index in [1.807, 2.05) is 11.8 Å². The van der Waals surface area contributed by atoms with Gasteiger partial charge in [0.25, 0.3) is 0 Å². The molecule has 7 rings (SSSR count). The third-order valence-electron chi connectivity index (χ3n) is 7.65. The van der Waals surface area contributed by atoms with Crippen LogP contribution in [0.5, 0.6) is 0 Å². The second-order valence-corrected chi connectivity index (χ2v) is 11.4. The fourth-order valence-electron chi connectivity index (χ4n) is 5.49. The normalized spacial score (nSPS) is 11.1. The van der Waals surface area contributed by atoms with Gasteiger partial charge in [-0.1, -0.05) is 127 Å². The molecule has 0 saturated heterocycles. The Hall–Kier alpha value is -4.79. The van der Waals surface area contributed by atoms with Crippen molar-refractivity contribution in [2.75, 3.05) is 0 Å². The van der Waals surface area contributed by atoms with Gasteiger partial charge in [-0.25, -0.2) is 0 Å². The van der Waals surface area contributed by atoms with E-state index < -0.39 is 0 Å². The number of fused-ring (bicyclic) bond motifs is 1. The van der Waals surface area contributed by atoms with Gasteiger partial charge >= 0.3 is 0 Å². The summed E-state index contributed by atoms with van der Waals surface area (Å²) >= 11 is 1.83. The van der Waals surface area contributed by atoms with Crippen molar-refractivity contribution in [2.45, 2.75) is 16.7 Å². The lowest BCUT2D eigenvalue weighted by Crippen LogP contribution is -1.92. The second kappa shape index (κ2) is 11.0. The molecule has 0 saturated carbocycles. The Bertz CT molecular complexity index is 1950. The lowest BCUT2D eigenvalue weighted by Gasteiger charge is -2.12. The Morgan fingerprint density at radius 1 is 0.463 bits per heavy atom. The molecule has 0 N–H and O–H groups in total. The van der Waals surface area contributed by atoms with Gasteiger partial charge in [-0.15, -0.1) is 0 Å². The molecule has 0 aliphatic heterocycles. The van der Waals surface area contributed by atoms with Gasteiger partial charge < -0.3 is 4.57 Å². The lowest BCUT2D eigenvalue weighted by molar-refractivity contribution is 1.13. The van der Waals surface area contributed by atoms with E-state index in [1.54, 1.807) is 0 Å². The zero-order chi connectivity index (χ0) is 27.6. The van der Waals surface area contributed by atoms with Crippen LogP contribution in [0, 0.1) is 6.92 Å². The lowest BCUT2D eigenvalue weighted by atomic mass is 10.00. The minimum Gasteiger partial charge on any atom is -0.316 e. The van der Waals surface area contributed by atoms with E-state index in [-0.39, 0.29) is 0 Å². The van der Waals surface area contributed by atoms with Crippen LogP contribution in [-0.4, -0.2) is 4.57 Å². The molecule has 0 radical (unpaired) electrons. The fraction of sp³-hybridized carbons (Fsp3) is 0.0256. The molecule has 0 spiro atoms. The van der Waals surface area contributed by atoms with Gasteiger partial charge in [0.05, 0.1) is 5.52 Å². The predicted octanol–water partition coefficient (Wildman–Crippen LogP) is 11.1. The third-order valence-corrected chi connectivity index (χ3v) is 8.91. The summed E-state index contributed by atoms with van der Waals surface area (Å²) in [6.07, 6.45) is 2.28. The molecule has 7 aromatic rings. The molecule has 0 amide bonds. The van der Waals surface area contributed by atoms with Crippen molar-refractivity contribution in [1.82, 2.24) is 4.57 Å². The van der Waals surface area contributed by atoms with Crippen LogP contribution in [0.4, 0.5) is 0 Å². The molecule has 0 unspecified atom stereocenters. The van der Waals surface area contributed by atoms with E-state index in [0.717, 1.165) is 5.69 Å². The highest BCUT2D eigenvalue weighted by atomic mass is 32.2. The van der Waals surface area contributed by atoms with E-state index in [4.69, 9.17) is 0 Å². The van der Waals surface area contributed by atoms with Crippen LogP contribution in [-0.2, 0) is 0 Å². The van der Waals surface area contributed by atoms with Crippen molar-refractivity contribution in [1.29, 1.82) is 0 Å². The molecule has 0 bridgehead atoms. The van der Waals surface area contributed by atoms with E-state index >= 15 is 0 Å². The highest BCUT2D eigenvalue weighted by molar-refractivity contribution is 7.99. The van der Waals surface area contributed by atoms with Gasteiger partial charge in [0.1, 0.15) is 0 Å². The quantitative estimate of drug-likeness (QED) is 0.202. The smallest absolute Gasteiger partial charge is 0.0535 e. The first kappa shape index (κ1) is 25.2. The maximum Gasteiger partial charge on any atom is 0.0535 e. The standard InChI is InChI=1S/C39H29NS/c1-28-12-8-10-18-38(28)41-39-19-11-9-17-34(39)31-20-23-33(24-21-31)40-27-36(30-15-6-3-7-16-30)35-26-32(22-25-37(35)40)29-13-4-2-5-14-29/h2-27H,1H3. The molecule has 0 atom stereocenters. The summed E-state index contributed by atoms with van der Waals surface area (Å²) in [7, 11) is 0. The zero-order valence-electron chi connectivity index (χ0n) is 22.9. The molecular formula is C39H29NS. The average molecular weight is 544 g/mol. The van der Waals surface area contributed by atoms with E-state index in [2.05, 4.69) is 169 Å². The minimum absolute atomic E-state index is 1.15. The number of nitrogens with zero attached hydrogens (tertiary/aromatic N) is 1. The number of hydrogen-bond donors (Lipinski definition) is 0. The van der Waals surface area contributed by atoms with Crippen molar-refractivity contribution >= 4 is 22.7 Å². The Balaban J connectivity index is 1.30. The van der Waals surface area contributed by atoms with Crippen LogP contribution in [0.2, 0.25) is 0 Å². The monoisotopic (exact) mass is 543 g/mol. The van der Waals surface area contributed by atoms with Crippen molar-refractivity contribution in [3.05, 3.63) is 163 Å². The number of rotatable bonds is 6. The highest BCUT2D eigenvalue weighted by Gasteiger charge is 2.14. The molecule has 0 aliphatic rings. The summed E-state index contributed by atoms with van der Waals surface area (Å²) < 4.78 is 2.32. The van der Waals surface area contributed by atoms with Gasteiger partial charge in [-0.05, 0) is 76.7 Å². The second-order valence-electron chi connectivity index (χ2n) is 10.3. The molecule has 1 heterocycles. The summed E-state index contributed by atoms with van der Waals surface area (Å²) in [5.41, 5.74) is 11.0. The van der Waals surface area contributed by atoms with Crippen molar-refractivity contribution in [3.63, 3.8) is 0 Å². The summed E-state index contributed by atoms with van der Waals surface area (Å²) in [6.45, 7) is 2.17. The molecule has 41 heavy (non-hydrogen) atoms. The van der Waals surface area contributed by atoms with Crippen molar-refractivity contribution < 1.29 is 0 Å². The van der Waals surface area contributed by atoms with Gasteiger partial charge in [-0.3, -0.25) is 0 Å². The van der Waals surface area contributed by atoms with Crippen LogP contribution in [0.3, 0.4) is 0 Å². The third kappa shape index (κ3) is 4.99. The van der Waals surface area contributed by atoms with Crippen molar-refractivity contribution in [3.8, 4) is 39.1 Å². The topological polar surface area (TPSA) is 4.93 Å². The van der Waals surface area contributed by atoms with E-state index in [1.165, 1.54) is 59.6 Å². The summed E-state index contributed by atoms with van der Waals surface area (Å²) in [4.78, 5) is 2.56. The Kier molecular flexibility index (Phi) is 6.76. The summed E-state index contributed by atoms with van der Waals surface area (Å²) in [5, 5.41) is 1.25. The van der Waals surface area contributed by atoms with Crippen LogP contribution < -0.4 is 0 Å². The summed E-state index contributed by atoms with van der Waals surface area (Å²) in [6, 6.07) is 54.4. The zero-order valence-corrected chi connectivity index (χ0v) is 23.7. The van der Waals surface area contributed by atoms with Crippen LogP contribution in [0.25, 0.3) is 50.0 Å². The molecule has 1 aromatic heterocycles. The van der Waals surface area contributed by atoms with Crippen LogP contribution >= 0.6 is 11.8 Å². The van der Waals surface area contributed by atoms with Crippen LogP contribution in [0.1, 0.15) is 5.56 Å². The van der Waals surface area contributed by atoms with Gasteiger partial charge in [0, 0.05) is 32.6 Å². The maximum atomic E-state index is 2.33. The number of aryl methyl sites for hydroxylation is 1. The Labute approximate surface area is 245 Å². The predicted molar refractivity (Wildman–Crippen MR) is 175 cm³/mol. The highest BCUT2D eigenvalue weighted by Crippen LogP contribution is 2.39. The molecule has 6 aromatic carbocycles. The Morgan fingerprint density at radius 2 is 1.05 bits per heavy atom. The molecule has 1 nitrogen and oxygen atoms in total. The molecular weight excluding hydrogens is 515 g/mol. The largest absolute Gasteiger partial charge is 0.316 e. The SMILES string of the molecule is Cc1ccccc1Sc1ccccc1-c1ccc(-n2cc(-c3ccccc3)c3cc(-c4ccccc4)ccc32)cc1. The van der Waals surface area contributed by atoms with E-state index in [9.17, 15) is 0 Å². The van der Waals surface area contributed by atoms with Crippen LogP contribution in [0.15, 0.2) is 168 Å². The first-order valence-corrected chi connectivity index (χ1v) is 14.8. The average Bonchev–Trinajstić information content (AvgIpc) is 3.42. The minimum atomic E-state index is 1.15. The fourth-order valence-corrected chi connectivity index (χ4v) is 6.54. The van der Waals surface area contributed by atoms with Crippen molar-refractivity contribution in [2.24, 2.45) is 0 Å². The molecule has 0 aliphatic carbocycles. The number of benzene rings is 6. The van der Waals surface area contributed by atoms with Gasteiger partial charge in [0.15, 0.2) is 0 Å².